The second-order valence-corrected chi connectivity index (χ2v) is 13.1. The maximum atomic E-state index is 13.6. The minimum Gasteiger partial charge on any atom is -0.489 e. The summed E-state index contributed by atoms with van der Waals surface area (Å²) >= 11 is 0. The minimum atomic E-state index is -0.684. The first kappa shape index (κ1) is 38.0. The number of aliphatic hydroxyl groups excluding tert-OH is 1. The number of esters is 1. The molecule has 0 spiro atoms. The maximum absolute atomic E-state index is 13.6. The van der Waals surface area contributed by atoms with Crippen molar-refractivity contribution < 1.29 is 33.7 Å². The predicted molar refractivity (Wildman–Crippen MR) is 199 cm³/mol. The third kappa shape index (κ3) is 12.8. The van der Waals surface area contributed by atoms with Crippen molar-refractivity contribution in [2.24, 2.45) is 11.8 Å². The topological polar surface area (TPSA) is 123 Å². The van der Waals surface area contributed by atoms with Gasteiger partial charge in [-0.15, -0.1) is 0 Å². The second-order valence-electron chi connectivity index (χ2n) is 13.1. The standard InChI is InChI=1S/C43H48N2O7/c46-27-38(25-33-20-22-40(23-21-33)51-29-35-16-8-3-9-17-35)44-41(47)26-36-18-10-11-19-37(24-32-12-4-1-5-13-32)43(49)52-31-39(45-42(36)48)30-50-28-34-14-6-2-7-15-34/h1-17,20-23,36-39,46H,18-19,24-31H2,(H,44,47)(H,45,48). The van der Waals surface area contributed by atoms with E-state index in [-0.39, 0.29) is 44.0 Å². The van der Waals surface area contributed by atoms with Crippen LogP contribution < -0.4 is 15.4 Å². The van der Waals surface area contributed by atoms with Crippen LogP contribution in [0.5, 0.6) is 5.75 Å². The molecule has 0 aliphatic carbocycles. The molecule has 1 aliphatic heterocycles. The zero-order chi connectivity index (χ0) is 36.4. The molecule has 3 N–H and O–H groups in total. The molecular weight excluding hydrogens is 656 g/mol. The van der Waals surface area contributed by atoms with Gasteiger partial charge in [0.25, 0.3) is 0 Å². The number of allylic oxidation sites excluding steroid dienone is 2. The van der Waals surface area contributed by atoms with E-state index in [4.69, 9.17) is 14.2 Å². The fourth-order valence-corrected chi connectivity index (χ4v) is 6.03. The van der Waals surface area contributed by atoms with Gasteiger partial charge in [-0.05, 0) is 60.1 Å². The quantitative estimate of drug-likeness (QED) is 0.107. The van der Waals surface area contributed by atoms with Crippen molar-refractivity contribution in [3.63, 3.8) is 0 Å². The van der Waals surface area contributed by atoms with Crippen LogP contribution in [0.25, 0.3) is 0 Å². The summed E-state index contributed by atoms with van der Waals surface area (Å²) in [6.45, 7) is 0.590. The van der Waals surface area contributed by atoms with Crippen LogP contribution in [-0.4, -0.2) is 54.8 Å². The average Bonchev–Trinajstić information content (AvgIpc) is 3.17. The summed E-state index contributed by atoms with van der Waals surface area (Å²) in [4.78, 5) is 40.2. The zero-order valence-corrected chi connectivity index (χ0v) is 29.4. The predicted octanol–water partition coefficient (Wildman–Crippen LogP) is 5.75. The average molecular weight is 705 g/mol. The van der Waals surface area contributed by atoms with E-state index in [0.29, 0.717) is 38.9 Å². The van der Waals surface area contributed by atoms with Crippen molar-refractivity contribution in [1.82, 2.24) is 10.6 Å². The van der Waals surface area contributed by atoms with Crippen molar-refractivity contribution >= 4 is 17.8 Å². The van der Waals surface area contributed by atoms with Crippen molar-refractivity contribution in [1.29, 1.82) is 0 Å². The third-order valence-corrected chi connectivity index (χ3v) is 8.91. The molecule has 9 heteroatoms. The molecule has 272 valence electrons. The molecule has 0 saturated heterocycles. The molecule has 0 bridgehead atoms. The van der Waals surface area contributed by atoms with Gasteiger partial charge in [-0.25, -0.2) is 0 Å². The van der Waals surface area contributed by atoms with Gasteiger partial charge < -0.3 is 30.0 Å². The van der Waals surface area contributed by atoms with Gasteiger partial charge in [0.15, 0.2) is 0 Å². The smallest absolute Gasteiger partial charge is 0.309 e. The number of carbonyl (C=O) groups excluding carboxylic acids is 3. The van der Waals surface area contributed by atoms with E-state index >= 15 is 0 Å². The molecule has 4 atom stereocenters. The first-order valence-electron chi connectivity index (χ1n) is 17.9. The van der Waals surface area contributed by atoms with Gasteiger partial charge in [-0.3, -0.25) is 14.4 Å². The van der Waals surface area contributed by atoms with Gasteiger partial charge in [0.1, 0.15) is 19.0 Å². The molecule has 1 aliphatic rings. The summed E-state index contributed by atoms with van der Waals surface area (Å²) in [5.41, 5.74) is 4.01. The van der Waals surface area contributed by atoms with Crippen LogP contribution >= 0.6 is 0 Å². The molecule has 0 radical (unpaired) electrons. The Hall–Kier alpha value is -5.25. The zero-order valence-electron chi connectivity index (χ0n) is 29.4. The Labute approximate surface area is 306 Å². The number of aliphatic hydroxyl groups is 1. The Bertz CT molecular complexity index is 1700. The summed E-state index contributed by atoms with van der Waals surface area (Å²) in [5.74, 6) is -1.38. The molecular formula is C43H48N2O7. The molecule has 4 aromatic rings. The van der Waals surface area contributed by atoms with E-state index in [0.717, 1.165) is 28.0 Å². The Morgan fingerprint density at radius 1 is 0.769 bits per heavy atom. The molecule has 1 heterocycles. The van der Waals surface area contributed by atoms with Crippen molar-refractivity contribution in [2.75, 3.05) is 19.8 Å². The highest BCUT2D eigenvalue weighted by Gasteiger charge is 2.27. The monoisotopic (exact) mass is 704 g/mol. The largest absolute Gasteiger partial charge is 0.489 e. The van der Waals surface area contributed by atoms with E-state index in [1.165, 1.54) is 0 Å². The lowest BCUT2D eigenvalue weighted by molar-refractivity contribution is -0.150. The first-order valence-corrected chi connectivity index (χ1v) is 17.9. The number of hydrogen-bond donors (Lipinski definition) is 3. The van der Waals surface area contributed by atoms with Crippen molar-refractivity contribution in [3.05, 3.63) is 150 Å². The number of ether oxygens (including phenoxy) is 3. The summed E-state index contributed by atoms with van der Waals surface area (Å²) < 4.78 is 17.6. The van der Waals surface area contributed by atoms with Crippen LogP contribution in [0.15, 0.2) is 127 Å². The lowest BCUT2D eigenvalue weighted by atomic mass is 9.94. The Balaban J connectivity index is 1.20. The summed E-state index contributed by atoms with van der Waals surface area (Å²) in [5, 5.41) is 16.0. The number of hydrogen-bond acceptors (Lipinski definition) is 7. The van der Waals surface area contributed by atoms with E-state index < -0.39 is 23.9 Å². The summed E-state index contributed by atoms with van der Waals surface area (Å²) in [7, 11) is 0. The molecule has 0 aromatic heterocycles. The normalized spacial score (nSPS) is 18.6. The molecule has 2 amide bonds. The number of benzene rings is 4. The van der Waals surface area contributed by atoms with Gasteiger partial charge in [-0.1, -0.05) is 115 Å². The van der Waals surface area contributed by atoms with Crippen LogP contribution in [0.2, 0.25) is 0 Å². The highest BCUT2D eigenvalue weighted by molar-refractivity contribution is 5.86. The SMILES string of the molecule is O=C(CC1CC=CCC(Cc2ccccc2)C(=O)OCC(COCc2ccccc2)NC1=O)NC(CO)Cc1ccc(OCc2ccccc2)cc1. The molecule has 5 rings (SSSR count). The maximum Gasteiger partial charge on any atom is 0.309 e. The number of rotatable bonds is 15. The molecule has 0 saturated carbocycles. The Morgan fingerprint density at radius 2 is 1.37 bits per heavy atom. The van der Waals surface area contributed by atoms with Crippen molar-refractivity contribution in [3.8, 4) is 5.75 Å². The van der Waals surface area contributed by atoms with Crippen LogP contribution in [0.1, 0.15) is 41.5 Å². The fourth-order valence-electron chi connectivity index (χ4n) is 6.03. The minimum absolute atomic E-state index is 0.0596. The second kappa shape index (κ2) is 20.6. The fraction of sp³-hybridized carbons (Fsp3) is 0.326. The van der Waals surface area contributed by atoms with Crippen LogP contribution in [0, 0.1) is 11.8 Å². The lowest BCUT2D eigenvalue weighted by Gasteiger charge is -2.25. The Kier molecular flexibility index (Phi) is 15.0. The van der Waals surface area contributed by atoms with Gasteiger partial charge in [0.2, 0.25) is 11.8 Å². The number of nitrogens with one attached hydrogen (secondary N) is 2. The number of amides is 2. The van der Waals surface area contributed by atoms with E-state index in [2.05, 4.69) is 10.6 Å². The van der Waals surface area contributed by atoms with E-state index in [1.807, 2.05) is 127 Å². The van der Waals surface area contributed by atoms with Gasteiger partial charge in [0, 0.05) is 6.42 Å². The Morgan fingerprint density at radius 3 is 2.00 bits per heavy atom. The summed E-state index contributed by atoms with van der Waals surface area (Å²) in [6.07, 6.45) is 5.33. The highest BCUT2D eigenvalue weighted by Crippen LogP contribution is 2.19. The first-order chi connectivity index (χ1) is 25.4. The molecule has 52 heavy (non-hydrogen) atoms. The highest BCUT2D eigenvalue weighted by atomic mass is 16.5. The lowest BCUT2D eigenvalue weighted by Crippen LogP contribution is -2.46. The van der Waals surface area contributed by atoms with Gasteiger partial charge in [0.05, 0.1) is 43.7 Å². The molecule has 4 unspecified atom stereocenters. The summed E-state index contributed by atoms with van der Waals surface area (Å²) in [6, 6.07) is 35.8. The van der Waals surface area contributed by atoms with Crippen molar-refractivity contribution in [2.45, 2.75) is 57.4 Å². The molecule has 4 aromatic carbocycles. The van der Waals surface area contributed by atoms with E-state index in [1.54, 1.807) is 0 Å². The number of carbonyl (C=O) groups is 3. The molecule has 9 nitrogen and oxygen atoms in total. The van der Waals surface area contributed by atoms with E-state index in [9.17, 15) is 19.5 Å². The third-order valence-electron chi connectivity index (χ3n) is 8.91. The van der Waals surface area contributed by atoms with Crippen LogP contribution in [0.3, 0.4) is 0 Å². The van der Waals surface area contributed by atoms with Crippen LogP contribution in [0.4, 0.5) is 0 Å². The van der Waals surface area contributed by atoms with Gasteiger partial charge in [-0.2, -0.15) is 0 Å². The number of cyclic esters (lactones) is 1. The van der Waals surface area contributed by atoms with Gasteiger partial charge >= 0.3 is 5.97 Å². The molecule has 0 fully saturated rings. The van der Waals surface area contributed by atoms with Crippen LogP contribution in [-0.2, 0) is 49.9 Å².